The first kappa shape index (κ1) is 26.1. The lowest BCUT2D eigenvalue weighted by atomic mass is 10.1. The third kappa shape index (κ3) is 19.7. The number of unbranched alkanes of at least 4 members (excludes halogenated alkanes) is 9. The fourth-order valence-electron chi connectivity index (χ4n) is 2.65. The summed E-state index contributed by atoms with van der Waals surface area (Å²) < 4.78 is 55.6. The van der Waals surface area contributed by atoms with Crippen molar-refractivity contribution < 1.29 is 29.6 Å². The van der Waals surface area contributed by atoms with Crippen LogP contribution in [-0.2, 0) is 24.4 Å². The van der Waals surface area contributed by atoms with Gasteiger partial charge < -0.3 is 9.80 Å². The minimum atomic E-state index is -5.12. The molecule has 0 aromatic rings. The van der Waals surface area contributed by atoms with E-state index < -0.39 is 20.8 Å². The Kier molecular flexibility index (Phi) is 13.7. The predicted octanol–water partition coefficient (Wildman–Crippen LogP) is 3.19. The standard InChI is InChI=1S/C16H32N2.H2O7S2/c1-3-4-5-6-7-8-9-10-11-12-13-18-15-14-17(2)16-18;1-8(2,3)7-9(4,5)6/h14-15H,3-13,16H2,1-2H3;(H,1,2,3)(H,4,5,6). The molecule has 0 aliphatic carbocycles. The molecule has 2 N–H and O–H groups in total. The van der Waals surface area contributed by atoms with Crippen LogP contribution in [0.3, 0.4) is 0 Å². The third-order valence-corrected chi connectivity index (χ3v) is 5.28. The van der Waals surface area contributed by atoms with E-state index >= 15 is 0 Å². The third-order valence-electron chi connectivity index (χ3n) is 3.91. The van der Waals surface area contributed by atoms with Crippen LogP contribution in [0.4, 0.5) is 0 Å². The van der Waals surface area contributed by atoms with Crippen LogP contribution < -0.4 is 0 Å². The van der Waals surface area contributed by atoms with E-state index in [1.54, 1.807) is 0 Å². The van der Waals surface area contributed by atoms with Gasteiger partial charge in [0.15, 0.2) is 0 Å². The van der Waals surface area contributed by atoms with E-state index in [2.05, 4.69) is 39.8 Å². The van der Waals surface area contributed by atoms with Gasteiger partial charge in [-0.15, -0.1) is 3.63 Å². The first-order valence-electron chi connectivity index (χ1n) is 9.32. The van der Waals surface area contributed by atoms with Gasteiger partial charge in [0.25, 0.3) is 0 Å². The van der Waals surface area contributed by atoms with Crippen molar-refractivity contribution >= 4 is 20.8 Å². The van der Waals surface area contributed by atoms with Gasteiger partial charge in [-0.05, 0) is 6.42 Å². The van der Waals surface area contributed by atoms with Crippen LogP contribution in [0.1, 0.15) is 71.1 Å². The average Bonchev–Trinajstić information content (AvgIpc) is 2.91. The van der Waals surface area contributed by atoms with Gasteiger partial charge in [-0.3, -0.25) is 9.11 Å². The molecule has 0 aromatic heterocycles. The molecule has 0 amide bonds. The maximum absolute atomic E-state index is 9.44. The topological polar surface area (TPSA) is 124 Å². The second-order valence-corrected chi connectivity index (χ2v) is 8.87. The van der Waals surface area contributed by atoms with Crippen LogP contribution >= 0.6 is 0 Å². The summed E-state index contributed by atoms with van der Waals surface area (Å²) >= 11 is 0. The van der Waals surface area contributed by atoms with Crippen molar-refractivity contribution in [1.29, 1.82) is 0 Å². The van der Waals surface area contributed by atoms with Gasteiger partial charge in [-0.2, -0.15) is 16.8 Å². The number of hydrogen-bond acceptors (Lipinski definition) is 7. The fraction of sp³-hybridized carbons (Fsp3) is 0.875. The van der Waals surface area contributed by atoms with Crippen LogP contribution in [0.2, 0.25) is 0 Å². The lowest BCUT2D eigenvalue weighted by Gasteiger charge is -2.17. The van der Waals surface area contributed by atoms with Crippen molar-refractivity contribution in [2.75, 3.05) is 20.3 Å². The normalized spacial score (nSPS) is 14.4. The number of rotatable bonds is 13. The molecule has 0 fully saturated rings. The van der Waals surface area contributed by atoms with Gasteiger partial charge in [0, 0.05) is 26.0 Å². The molecule has 9 nitrogen and oxygen atoms in total. The summed E-state index contributed by atoms with van der Waals surface area (Å²) in [5.74, 6) is 0. The van der Waals surface area contributed by atoms with Crippen molar-refractivity contribution in [2.45, 2.75) is 71.1 Å². The summed E-state index contributed by atoms with van der Waals surface area (Å²) in [4.78, 5) is 4.64. The zero-order chi connectivity index (χ0) is 20.8. The van der Waals surface area contributed by atoms with Gasteiger partial charge in [-0.1, -0.05) is 64.7 Å². The molecule has 1 heterocycles. The lowest BCUT2D eigenvalue weighted by molar-refractivity contribution is 0.290. The Bertz CT molecular complexity index is 576. The van der Waals surface area contributed by atoms with Crippen LogP contribution in [-0.4, -0.2) is 56.0 Å². The molecule has 0 unspecified atom stereocenters. The van der Waals surface area contributed by atoms with Crippen molar-refractivity contribution in [3.63, 3.8) is 0 Å². The molecule has 0 atom stereocenters. The number of nitrogens with zero attached hydrogens (tertiary/aromatic N) is 2. The molecule has 1 rings (SSSR count). The number of hydrogen-bond donors (Lipinski definition) is 2. The van der Waals surface area contributed by atoms with Gasteiger partial charge in [0.2, 0.25) is 0 Å². The Morgan fingerprint density at radius 3 is 1.59 bits per heavy atom. The Hall–Kier alpha value is -0.880. The Labute approximate surface area is 164 Å². The molecule has 0 bridgehead atoms. The van der Waals surface area contributed by atoms with E-state index in [4.69, 9.17) is 9.11 Å². The predicted molar refractivity (Wildman–Crippen MR) is 105 cm³/mol. The second kappa shape index (κ2) is 14.2. The summed E-state index contributed by atoms with van der Waals surface area (Å²) in [7, 11) is -8.11. The molecular weight excluding hydrogens is 396 g/mol. The highest BCUT2D eigenvalue weighted by Crippen LogP contribution is 2.11. The monoisotopic (exact) mass is 430 g/mol. The SMILES string of the molecule is CCCCCCCCCCCCN1C=CN(C)C1.O=S(=O)(O)OS(=O)(=O)O. The van der Waals surface area contributed by atoms with Crippen LogP contribution in [0.15, 0.2) is 12.4 Å². The van der Waals surface area contributed by atoms with E-state index in [1.165, 1.54) is 70.8 Å². The smallest absolute Gasteiger partial charge is 0.362 e. The molecule has 0 radical (unpaired) electrons. The van der Waals surface area contributed by atoms with Crippen LogP contribution in [0.5, 0.6) is 0 Å². The van der Waals surface area contributed by atoms with Gasteiger partial charge in [-0.25, -0.2) is 0 Å². The summed E-state index contributed by atoms with van der Waals surface area (Å²) in [5.41, 5.74) is 0. The van der Waals surface area contributed by atoms with Crippen LogP contribution in [0.25, 0.3) is 0 Å². The molecule has 0 saturated carbocycles. The minimum absolute atomic E-state index is 1.08. The average molecular weight is 431 g/mol. The zero-order valence-electron chi connectivity index (χ0n) is 16.3. The molecule has 11 heteroatoms. The van der Waals surface area contributed by atoms with Crippen molar-refractivity contribution in [3.05, 3.63) is 12.4 Å². The Morgan fingerprint density at radius 1 is 0.815 bits per heavy atom. The molecule has 1 aliphatic rings. The van der Waals surface area contributed by atoms with E-state index in [9.17, 15) is 16.8 Å². The highest BCUT2D eigenvalue weighted by Gasteiger charge is 2.15. The molecule has 162 valence electrons. The highest BCUT2D eigenvalue weighted by atomic mass is 32.3. The fourth-order valence-corrected chi connectivity index (χ4v) is 3.51. The van der Waals surface area contributed by atoms with E-state index in [-0.39, 0.29) is 0 Å². The van der Waals surface area contributed by atoms with Crippen LogP contribution in [0, 0.1) is 0 Å². The molecule has 27 heavy (non-hydrogen) atoms. The maximum atomic E-state index is 9.44. The Morgan fingerprint density at radius 2 is 1.26 bits per heavy atom. The van der Waals surface area contributed by atoms with Crippen molar-refractivity contribution in [1.82, 2.24) is 9.80 Å². The first-order valence-corrected chi connectivity index (χ1v) is 12.0. The summed E-state index contributed by atoms with van der Waals surface area (Å²) in [6.45, 7) is 4.60. The van der Waals surface area contributed by atoms with E-state index in [1.807, 2.05) is 0 Å². The van der Waals surface area contributed by atoms with Gasteiger partial charge in [0.1, 0.15) is 0 Å². The summed E-state index contributed by atoms with van der Waals surface area (Å²) in [6, 6.07) is 0. The van der Waals surface area contributed by atoms with E-state index in [0.29, 0.717) is 0 Å². The van der Waals surface area contributed by atoms with Gasteiger partial charge in [0.05, 0.1) is 6.67 Å². The largest absolute Gasteiger partial charge is 0.413 e. The first-order chi connectivity index (χ1) is 12.5. The summed E-state index contributed by atoms with van der Waals surface area (Å²) in [6.07, 6.45) is 18.6. The van der Waals surface area contributed by atoms with Gasteiger partial charge >= 0.3 is 20.8 Å². The minimum Gasteiger partial charge on any atom is -0.362 e. The molecule has 0 spiro atoms. The highest BCUT2D eigenvalue weighted by molar-refractivity contribution is 7.94. The second-order valence-electron chi connectivity index (χ2n) is 6.61. The summed E-state index contributed by atoms with van der Waals surface area (Å²) in [5, 5.41) is 0. The van der Waals surface area contributed by atoms with Crippen molar-refractivity contribution in [3.8, 4) is 0 Å². The maximum Gasteiger partial charge on any atom is 0.413 e. The van der Waals surface area contributed by atoms with Crippen molar-refractivity contribution in [2.24, 2.45) is 0 Å². The molecule has 0 aromatic carbocycles. The van der Waals surface area contributed by atoms with E-state index in [0.717, 1.165) is 6.67 Å². The molecule has 0 saturated heterocycles. The Balaban J connectivity index is 0.000000636. The molecular formula is C16H34N2O7S2. The molecule has 1 aliphatic heterocycles. The lowest BCUT2D eigenvalue weighted by Crippen LogP contribution is -2.23. The zero-order valence-corrected chi connectivity index (χ0v) is 17.9. The quantitative estimate of drug-likeness (QED) is 0.335.